The number of anilines is 4. The molecule has 2 fully saturated rings. The second kappa shape index (κ2) is 10.9. The largest absolute Gasteiger partial charge is 0.354 e. The maximum absolute atomic E-state index is 14.0. The van der Waals surface area contributed by atoms with E-state index in [1.807, 2.05) is 6.07 Å². The zero-order valence-corrected chi connectivity index (χ0v) is 19.3. The van der Waals surface area contributed by atoms with E-state index in [9.17, 15) is 4.39 Å². The lowest BCUT2D eigenvalue weighted by Crippen LogP contribution is -2.35. The second-order valence-electron chi connectivity index (χ2n) is 9.09. The highest BCUT2D eigenvalue weighted by Crippen LogP contribution is 2.24. The van der Waals surface area contributed by atoms with Crippen molar-refractivity contribution in [2.45, 2.75) is 64.8 Å². The summed E-state index contributed by atoms with van der Waals surface area (Å²) in [6.45, 7) is 7.84. The molecule has 0 amide bonds. The molecule has 0 unspecified atom stereocenters. The van der Waals surface area contributed by atoms with Gasteiger partial charge in [-0.15, -0.1) is 0 Å². The smallest absolute Gasteiger partial charge is 0.233 e. The first kappa shape index (κ1) is 22.7. The predicted octanol–water partition coefficient (Wildman–Crippen LogP) is 4.95. The summed E-state index contributed by atoms with van der Waals surface area (Å²) in [5.41, 5.74) is 1.23. The summed E-state index contributed by atoms with van der Waals surface area (Å²) < 4.78 is 14.0. The van der Waals surface area contributed by atoms with Crippen molar-refractivity contribution in [1.29, 1.82) is 0 Å². The fourth-order valence-electron chi connectivity index (χ4n) is 4.77. The van der Waals surface area contributed by atoms with Gasteiger partial charge >= 0.3 is 0 Å². The van der Waals surface area contributed by atoms with Crippen LogP contribution in [0.2, 0.25) is 0 Å². The molecule has 1 saturated heterocycles. The lowest BCUT2D eigenvalue weighted by atomic mass is 9.89. The van der Waals surface area contributed by atoms with Gasteiger partial charge in [-0.25, -0.2) is 4.39 Å². The number of benzene rings is 1. The van der Waals surface area contributed by atoms with Crippen molar-refractivity contribution >= 4 is 23.5 Å². The Morgan fingerprint density at radius 2 is 1.66 bits per heavy atom. The van der Waals surface area contributed by atoms with Gasteiger partial charge in [0.1, 0.15) is 5.82 Å². The van der Waals surface area contributed by atoms with Gasteiger partial charge in [0, 0.05) is 24.8 Å². The lowest BCUT2D eigenvalue weighted by molar-refractivity contribution is 0.277. The fourth-order valence-corrected chi connectivity index (χ4v) is 4.77. The molecule has 0 spiro atoms. The van der Waals surface area contributed by atoms with E-state index < -0.39 is 0 Å². The van der Waals surface area contributed by atoms with E-state index >= 15 is 0 Å². The monoisotopic (exact) mass is 441 g/mol. The zero-order valence-electron chi connectivity index (χ0n) is 19.3. The molecule has 7 nitrogen and oxygen atoms in total. The normalized spacial score (nSPS) is 19.8. The number of halogens is 1. The predicted molar refractivity (Wildman–Crippen MR) is 128 cm³/mol. The van der Waals surface area contributed by atoms with Gasteiger partial charge in [-0.3, -0.25) is 4.90 Å². The Morgan fingerprint density at radius 1 is 0.938 bits per heavy atom. The zero-order chi connectivity index (χ0) is 22.3. The number of likely N-dealkylation sites (N-methyl/N-ethyl adjacent to an activating group) is 1. The average Bonchev–Trinajstić information content (AvgIpc) is 3.27. The topological polar surface area (TPSA) is 78.0 Å². The van der Waals surface area contributed by atoms with E-state index in [0.717, 1.165) is 26.2 Å². The van der Waals surface area contributed by atoms with Crippen LogP contribution in [0, 0.1) is 18.7 Å². The first-order valence-corrected chi connectivity index (χ1v) is 12.1. The van der Waals surface area contributed by atoms with Crippen molar-refractivity contribution in [1.82, 2.24) is 19.9 Å². The standard InChI is InChI=1S/C24H36FN7/c1-3-32-13-7-10-20(32)16-27-23-29-22(26-15-18-8-5-4-6-9-18)30-24(31-23)28-19-12-11-17(2)21(25)14-19/h11-12,14,18,20H,3-10,13,15-16H2,1-2H3,(H3,26,27,28,29,30,31)/t20-/m1/s1. The van der Waals surface area contributed by atoms with Crippen molar-refractivity contribution in [2.75, 3.05) is 42.1 Å². The van der Waals surface area contributed by atoms with Crippen LogP contribution in [0.5, 0.6) is 0 Å². The second-order valence-corrected chi connectivity index (χ2v) is 9.09. The van der Waals surface area contributed by atoms with Crippen molar-refractivity contribution in [3.05, 3.63) is 29.6 Å². The molecule has 1 saturated carbocycles. The molecular weight excluding hydrogens is 405 g/mol. The minimum absolute atomic E-state index is 0.251. The third kappa shape index (κ3) is 6.06. The molecule has 1 aromatic carbocycles. The van der Waals surface area contributed by atoms with E-state index in [1.165, 1.54) is 51.0 Å². The molecule has 4 rings (SSSR count). The molecular formula is C24H36FN7. The SMILES string of the molecule is CCN1CCC[C@@H]1CNc1nc(NCC2CCCCC2)nc(Nc2ccc(C)c(F)c2)n1. The number of hydrogen-bond donors (Lipinski definition) is 3. The molecule has 1 aliphatic heterocycles. The first-order chi connectivity index (χ1) is 15.6. The minimum Gasteiger partial charge on any atom is -0.354 e. The third-order valence-electron chi connectivity index (χ3n) is 6.74. The molecule has 1 aliphatic carbocycles. The first-order valence-electron chi connectivity index (χ1n) is 12.1. The summed E-state index contributed by atoms with van der Waals surface area (Å²) in [6, 6.07) is 5.55. The van der Waals surface area contributed by atoms with E-state index in [2.05, 4.69) is 42.7 Å². The summed E-state index contributed by atoms with van der Waals surface area (Å²) in [5.74, 6) is 1.93. The summed E-state index contributed by atoms with van der Waals surface area (Å²) in [5, 5.41) is 9.99. The highest BCUT2D eigenvalue weighted by atomic mass is 19.1. The number of aryl methyl sites for hydroxylation is 1. The number of nitrogens with one attached hydrogen (secondary N) is 3. The Hall–Kier alpha value is -2.48. The number of nitrogens with zero attached hydrogens (tertiary/aromatic N) is 4. The van der Waals surface area contributed by atoms with Crippen LogP contribution in [0.1, 0.15) is 57.4 Å². The van der Waals surface area contributed by atoms with E-state index in [4.69, 9.17) is 0 Å². The molecule has 0 radical (unpaired) electrons. The van der Waals surface area contributed by atoms with E-state index in [0.29, 0.717) is 41.1 Å². The minimum atomic E-state index is -0.251. The molecule has 2 heterocycles. The van der Waals surface area contributed by atoms with Crippen molar-refractivity contribution in [3.63, 3.8) is 0 Å². The van der Waals surface area contributed by atoms with Crippen LogP contribution in [0.4, 0.5) is 27.9 Å². The summed E-state index contributed by atoms with van der Waals surface area (Å²) in [7, 11) is 0. The highest BCUT2D eigenvalue weighted by Gasteiger charge is 2.23. The van der Waals surface area contributed by atoms with Gasteiger partial charge in [-0.2, -0.15) is 15.0 Å². The van der Waals surface area contributed by atoms with Crippen LogP contribution >= 0.6 is 0 Å². The number of likely N-dealkylation sites (tertiary alicyclic amines) is 1. The Balaban J connectivity index is 1.47. The van der Waals surface area contributed by atoms with Gasteiger partial charge < -0.3 is 16.0 Å². The number of rotatable bonds is 9. The molecule has 2 aromatic rings. The third-order valence-corrected chi connectivity index (χ3v) is 6.74. The van der Waals surface area contributed by atoms with Gasteiger partial charge in [-0.05, 0) is 69.3 Å². The summed E-state index contributed by atoms with van der Waals surface area (Å²) in [6.07, 6.45) is 8.88. The molecule has 2 aliphatic rings. The Labute approximate surface area is 190 Å². The maximum atomic E-state index is 14.0. The Bertz CT molecular complexity index is 885. The summed E-state index contributed by atoms with van der Waals surface area (Å²) in [4.78, 5) is 16.2. The van der Waals surface area contributed by atoms with Gasteiger partial charge in [0.2, 0.25) is 17.8 Å². The van der Waals surface area contributed by atoms with Crippen LogP contribution in [0.15, 0.2) is 18.2 Å². The molecule has 8 heteroatoms. The molecule has 174 valence electrons. The van der Waals surface area contributed by atoms with Crippen LogP contribution < -0.4 is 16.0 Å². The molecule has 1 aromatic heterocycles. The average molecular weight is 442 g/mol. The van der Waals surface area contributed by atoms with Crippen molar-refractivity contribution in [2.24, 2.45) is 5.92 Å². The lowest BCUT2D eigenvalue weighted by Gasteiger charge is -2.23. The maximum Gasteiger partial charge on any atom is 0.233 e. The van der Waals surface area contributed by atoms with Crippen LogP contribution in [-0.4, -0.2) is 52.1 Å². The molecule has 32 heavy (non-hydrogen) atoms. The van der Waals surface area contributed by atoms with Gasteiger partial charge in [-0.1, -0.05) is 32.3 Å². The summed E-state index contributed by atoms with van der Waals surface area (Å²) >= 11 is 0. The van der Waals surface area contributed by atoms with Crippen LogP contribution in [-0.2, 0) is 0 Å². The van der Waals surface area contributed by atoms with Crippen LogP contribution in [0.25, 0.3) is 0 Å². The number of aromatic nitrogens is 3. The van der Waals surface area contributed by atoms with Crippen molar-refractivity contribution in [3.8, 4) is 0 Å². The molecule has 3 N–H and O–H groups in total. The fraction of sp³-hybridized carbons (Fsp3) is 0.625. The van der Waals surface area contributed by atoms with Gasteiger partial charge in [0.25, 0.3) is 0 Å². The quantitative estimate of drug-likeness (QED) is 0.508. The van der Waals surface area contributed by atoms with E-state index in [1.54, 1.807) is 13.0 Å². The molecule has 0 bridgehead atoms. The van der Waals surface area contributed by atoms with Gasteiger partial charge in [0.05, 0.1) is 0 Å². The van der Waals surface area contributed by atoms with Gasteiger partial charge in [0.15, 0.2) is 0 Å². The Kier molecular flexibility index (Phi) is 7.73. The Morgan fingerprint density at radius 3 is 2.38 bits per heavy atom. The highest BCUT2D eigenvalue weighted by molar-refractivity contribution is 5.56. The van der Waals surface area contributed by atoms with Crippen molar-refractivity contribution < 1.29 is 4.39 Å². The number of hydrogen-bond acceptors (Lipinski definition) is 7. The van der Waals surface area contributed by atoms with Crippen LogP contribution in [0.3, 0.4) is 0 Å². The van der Waals surface area contributed by atoms with E-state index in [-0.39, 0.29) is 5.82 Å². The molecule has 1 atom stereocenters.